The number of hydrogen-bond donors (Lipinski definition) is 2. The lowest BCUT2D eigenvalue weighted by molar-refractivity contribution is 0.126. The van der Waals surface area contributed by atoms with E-state index in [1.165, 1.54) is 24.0 Å². The van der Waals surface area contributed by atoms with Gasteiger partial charge >= 0.3 is 0 Å². The van der Waals surface area contributed by atoms with Crippen LogP contribution in [0.3, 0.4) is 0 Å². The highest BCUT2D eigenvalue weighted by Crippen LogP contribution is 2.33. The van der Waals surface area contributed by atoms with Gasteiger partial charge in [0.2, 0.25) is 0 Å². The van der Waals surface area contributed by atoms with Gasteiger partial charge in [-0.1, -0.05) is 31.5 Å². The molecule has 0 amide bonds. The lowest BCUT2D eigenvalue weighted by Crippen LogP contribution is -2.34. The van der Waals surface area contributed by atoms with E-state index in [-0.39, 0.29) is 12.0 Å². The zero-order valence-electron chi connectivity index (χ0n) is 12.5. The first-order valence-electron chi connectivity index (χ1n) is 7.77. The first-order chi connectivity index (χ1) is 9.52. The molecule has 3 atom stereocenters. The molecule has 3 heteroatoms. The highest BCUT2D eigenvalue weighted by Gasteiger charge is 2.21. The summed E-state index contributed by atoms with van der Waals surface area (Å²) in [7, 11) is 0. The van der Waals surface area contributed by atoms with Gasteiger partial charge in [0.05, 0.1) is 6.10 Å². The van der Waals surface area contributed by atoms with Crippen LogP contribution in [0, 0.1) is 0 Å². The fourth-order valence-corrected chi connectivity index (χ4v) is 3.46. The summed E-state index contributed by atoms with van der Waals surface area (Å²) < 4.78 is 0. The molecular weight excluding hydrogens is 270 g/mol. The van der Waals surface area contributed by atoms with Crippen molar-refractivity contribution >= 4 is 11.6 Å². The number of aliphatic hydroxyl groups is 1. The summed E-state index contributed by atoms with van der Waals surface area (Å²) in [6, 6.07) is 4.24. The molecule has 1 aromatic carbocycles. The minimum Gasteiger partial charge on any atom is -0.391 e. The molecule has 112 valence electrons. The number of rotatable bonds is 5. The summed E-state index contributed by atoms with van der Waals surface area (Å²) in [6.07, 6.45) is 5.85. The van der Waals surface area contributed by atoms with Gasteiger partial charge in [0.15, 0.2) is 0 Å². The Bertz CT molecular complexity index is 461. The summed E-state index contributed by atoms with van der Waals surface area (Å²) in [4.78, 5) is 0. The van der Waals surface area contributed by atoms with Crippen LogP contribution in [0.1, 0.15) is 62.1 Å². The van der Waals surface area contributed by atoms with Gasteiger partial charge in [0.1, 0.15) is 0 Å². The van der Waals surface area contributed by atoms with E-state index in [4.69, 9.17) is 17.3 Å². The Morgan fingerprint density at radius 2 is 1.85 bits per heavy atom. The van der Waals surface area contributed by atoms with Crippen molar-refractivity contribution in [2.24, 2.45) is 5.73 Å². The van der Waals surface area contributed by atoms with Crippen LogP contribution >= 0.6 is 11.6 Å². The predicted octanol–water partition coefficient (Wildman–Crippen LogP) is 3.81. The molecule has 1 aliphatic rings. The second-order valence-corrected chi connectivity index (χ2v) is 6.53. The van der Waals surface area contributed by atoms with Crippen LogP contribution in [-0.4, -0.2) is 17.3 Å². The Morgan fingerprint density at radius 1 is 1.25 bits per heavy atom. The third-order valence-electron chi connectivity index (χ3n) is 4.55. The fourth-order valence-electron chi connectivity index (χ4n) is 3.09. The van der Waals surface area contributed by atoms with Crippen molar-refractivity contribution < 1.29 is 5.11 Å². The second kappa shape index (κ2) is 6.93. The number of nitrogens with two attached hydrogens (primary N) is 1. The smallest absolute Gasteiger partial charge is 0.0696 e. The van der Waals surface area contributed by atoms with Gasteiger partial charge in [-0.3, -0.25) is 0 Å². The molecule has 2 rings (SSSR count). The maximum absolute atomic E-state index is 10.1. The molecule has 3 unspecified atom stereocenters. The Morgan fingerprint density at radius 3 is 2.45 bits per heavy atom. The quantitative estimate of drug-likeness (QED) is 0.867. The van der Waals surface area contributed by atoms with Crippen molar-refractivity contribution in [3.8, 4) is 0 Å². The van der Waals surface area contributed by atoms with Crippen molar-refractivity contribution in [2.45, 2.75) is 70.4 Å². The summed E-state index contributed by atoms with van der Waals surface area (Å²) in [5.41, 5.74) is 9.92. The van der Waals surface area contributed by atoms with Gasteiger partial charge in [0, 0.05) is 11.1 Å². The van der Waals surface area contributed by atoms with E-state index < -0.39 is 6.10 Å². The van der Waals surface area contributed by atoms with Gasteiger partial charge in [0.25, 0.3) is 0 Å². The molecule has 0 aromatic heterocycles. The van der Waals surface area contributed by atoms with E-state index in [0.29, 0.717) is 6.42 Å². The molecule has 0 radical (unpaired) electrons. The molecule has 0 heterocycles. The molecule has 1 aromatic rings. The van der Waals surface area contributed by atoms with E-state index in [2.05, 4.69) is 19.1 Å². The topological polar surface area (TPSA) is 46.2 Å². The monoisotopic (exact) mass is 295 g/mol. The minimum absolute atomic E-state index is 0.145. The zero-order chi connectivity index (χ0) is 14.7. The molecular formula is C17H26ClNO. The Kier molecular flexibility index (Phi) is 5.48. The van der Waals surface area contributed by atoms with Crippen molar-refractivity contribution in [1.82, 2.24) is 0 Å². The maximum Gasteiger partial charge on any atom is 0.0696 e. The first kappa shape index (κ1) is 15.8. The molecule has 0 spiro atoms. The van der Waals surface area contributed by atoms with Crippen LogP contribution in [0.25, 0.3) is 0 Å². The Balaban J connectivity index is 2.15. The first-order valence-corrected chi connectivity index (χ1v) is 8.15. The van der Waals surface area contributed by atoms with E-state index >= 15 is 0 Å². The summed E-state index contributed by atoms with van der Waals surface area (Å²) >= 11 is 6.44. The van der Waals surface area contributed by atoms with E-state index in [0.717, 1.165) is 29.8 Å². The standard InChI is InChI=1S/C17H26ClNO/c1-3-16(19)17(20)8-11(2)14-9-12-6-4-5-7-13(12)10-15(14)18/h9-11,16-17,20H,3-8,19H2,1-2H3. The highest BCUT2D eigenvalue weighted by atomic mass is 35.5. The lowest BCUT2D eigenvalue weighted by Gasteiger charge is -2.24. The maximum atomic E-state index is 10.1. The molecule has 0 aliphatic heterocycles. The molecule has 20 heavy (non-hydrogen) atoms. The van der Waals surface area contributed by atoms with Gasteiger partial charge in [-0.05, 0) is 67.2 Å². The summed E-state index contributed by atoms with van der Waals surface area (Å²) in [6.45, 7) is 4.13. The second-order valence-electron chi connectivity index (χ2n) is 6.13. The minimum atomic E-state index is -0.456. The average molecular weight is 296 g/mol. The Labute approximate surface area is 127 Å². The van der Waals surface area contributed by atoms with Gasteiger partial charge in [-0.2, -0.15) is 0 Å². The van der Waals surface area contributed by atoms with Crippen LogP contribution < -0.4 is 5.73 Å². The predicted molar refractivity (Wildman–Crippen MR) is 85.4 cm³/mol. The van der Waals surface area contributed by atoms with Crippen LogP contribution in [-0.2, 0) is 12.8 Å². The third-order valence-corrected chi connectivity index (χ3v) is 4.88. The van der Waals surface area contributed by atoms with Crippen LogP contribution in [0.2, 0.25) is 5.02 Å². The van der Waals surface area contributed by atoms with Crippen LogP contribution in [0.15, 0.2) is 12.1 Å². The number of halogens is 1. The van der Waals surface area contributed by atoms with Crippen LogP contribution in [0.5, 0.6) is 0 Å². The van der Waals surface area contributed by atoms with Crippen molar-refractivity contribution in [3.63, 3.8) is 0 Å². The van der Waals surface area contributed by atoms with E-state index in [1.807, 2.05) is 6.92 Å². The van der Waals surface area contributed by atoms with Crippen molar-refractivity contribution in [2.75, 3.05) is 0 Å². The lowest BCUT2D eigenvalue weighted by atomic mass is 9.85. The number of benzene rings is 1. The zero-order valence-corrected chi connectivity index (χ0v) is 13.3. The molecule has 0 fully saturated rings. The molecule has 0 saturated heterocycles. The van der Waals surface area contributed by atoms with Gasteiger partial charge in [-0.15, -0.1) is 0 Å². The number of fused-ring (bicyclic) bond motifs is 1. The van der Waals surface area contributed by atoms with E-state index in [1.54, 1.807) is 0 Å². The van der Waals surface area contributed by atoms with Crippen molar-refractivity contribution in [1.29, 1.82) is 0 Å². The average Bonchev–Trinajstić information content (AvgIpc) is 2.45. The fraction of sp³-hybridized carbons (Fsp3) is 0.647. The molecule has 0 bridgehead atoms. The van der Waals surface area contributed by atoms with E-state index in [9.17, 15) is 5.11 Å². The summed E-state index contributed by atoms with van der Waals surface area (Å²) in [5.74, 6) is 0.238. The Hall–Kier alpha value is -0.570. The largest absolute Gasteiger partial charge is 0.391 e. The molecule has 3 N–H and O–H groups in total. The van der Waals surface area contributed by atoms with Gasteiger partial charge < -0.3 is 10.8 Å². The molecule has 1 aliphatic carbocycles. The number of aryl methyl sites for hydroxylation is 2. The molecule has 2 nitrogen and oxygen atoms in total. The third kappa shape index (κ3) is 3.55. The summed E-state index contributed by atoms with van der Waals surface area (Å²) in [5, 5.41) is 11.0. The van der Waals surface area contributed by atoms with Gasteiger partial charge in [-0.25, -0.2) is 0 Å². The number of hydrogen-bond acceptors (Lipinski definition) is 2. The number of aliphatic hydroxyl groups excluding tert-OH is 1. The highest BCUT2D eigenvalue weighted by molar-refractivity contribution is 6.31. The SMILES string of the molecule is CCC(N)C(O)CC(C)c1cc2c(cc1Cl)CCCC2. The normalized spacial score (nSPS) is 19.2. The van der Waals surface area contributed by atoms with Crippen LogP contribution in [0.4, 0.5) is 0 Å². The van der Waals surface area contributed by atoms with Crippen molar-refractivity contribution in [3.05, 3.63) is 33.8 Å². The molecule has 0 saturated carbocycles.